The van der Waals surface area contributed by atoms with E-state index in [1.54, 1.807) is 0 Å². The Hall–Kier alpha value is 0.300. The molecule has 0 aromatic heterocycles. The smallest absolute Gasteiger partial charge is 0.233 e. The van der Waals surface area contributed by atoms with E-state index in [0.717, 1.165) is 36.3 Å². The highest BCUT2D eigenvalue weighted by atomic mass is 79.9. The molecule has 1 N–H and O–H groups in total. The predicted molar refractivity (Wildman–Crippen MR) is 82.4 cm³/mol. The third-order valence-corrected chi connectivity index (χ3v) is 6.66. The first-order chi connectivity index (χ1) is 8.65. The molecule has 0 radical (unpaired) electrons. The Morgan fingerprint density at radius 1 is 1.39 bits per heavy atom. The van der Waals surface area contributed by atoms with Crippen molar-refractivity contribution in [1.29, 1.82) is 0 Å². The lowest BCUT2D eigenvalue weighted by Gasteiger charge is -2.40. The summed E-state index contributed by atoms with van der Waals surface area (Å²) in [6.45, 7) is 2.30. The molecular weight excluding hydrogens is 310 g/mol. The standard InChI is InChI=1S/C14H24BrNOS/c1-11-5-4-7-14(9-11,10-15)16-13(17)12-6-2-3-8-18-12/h11-12H,2-10H2,1H3,(H,16,17). The van der Waals surface area contributed by atoms with Crippen LogP contribution in [-0.4, -0.2) is 27.8 Å². The van der Waals surface area contributed by atoms with E-state index in [0.29, 0.717) is 0 Å². The van der Waals surface area contributed by atoms with Crippen LogP contribution >= 0.6 is 27.7 Å². The Labute approximate surface area is 123 Å². The molecule has 1 saturated heterocycles. The van der Waals surface area contributed by atoms with Gasteiger partial charge < -0.3 is 5.32 Å². The summed E-state index contributed by atoms with van der Waals surface area (Å²) in [7, 11) is 0. The Balaban J connectivity index is 1.94. The number of hydrogen-bond acceptors (Lipinski definition) is 2. The second-order valence-electron chi connectivity index (χ2n) is 5.96. The zero-order valence-corrected chi connectivity index (χ0v) is 13.6. The molecule has 18 heavy (non-hydrogen) atoms. The summed E-state index contributed by atoms with van der Waals surface area (Å²) < 4.78 is 0. The number of alkyl halides is 1. The molecule has 2 aliphatic rings. The number of amides is 1. The number of rotatable bonds is 3. The van der Waals surface area contributed by atoms with Crippen LogP contribution in [0.5, 0.6) is 0 Å². The molecule has 2 fully saturated rings. The molecule has 1 aliphatic heterocycles. The molecule has 2 rings (SSSR count). The van der Waals surface area contributed by atoms with Gasteiger partial charge in [0.15, 0.2) is 0 Å². The lowest BCUT2D eigenvalue weighted by Crippen LogP contribution is -2.55. The van der Waals surface area contributed by atoms with E-state index < -0.39 is 0 Å². The first-order valence-electron chi connectivity index (χ1n) is 7.15. The molecule has 3 unspecified atom stereocenters. The molecule has 0 bridgehead atoms. The SMILES string of the molecule is CC1CCCC(CBr)(NC(=O)C2CCCCS2)C1. The molecule has 1 heterocycles. The Kier molecular flexibility index (Phi) is 5.43. The van der Waals surface area contributed by atoms with Crippen LogP contribution in [0.25, 0.3) is 0 Å². The quantitative estimate of drug-likeness (QED) is 0.797. The van der Waals surface area contributed by atoms with Crippen LogP contribution in [0.4, 0.5) is 0 Å². The van der Waals surface area contributed by atoms with Crippen molar-refractivity contribution in [2.24, 2.45) is 5.92 Å². The van der Waals surface area contributed by atoms with E-state index in [1.807, 2.05) is 11.8 Å². The highest BCUT2D eigenvalue weighted by molar-refractivity contribution is 9.09. The van der Waals surface area contributed by atoms with Crippen LogP contribution in [-0.2, 0) is 4.79 Å². The van der Waals surface area contributed by atoms with Gasteiger partial charge in [0.25, 0.3) is 0 Å². The second kappa shape index (κ2) is 6.65. The van der Waals surface area contributed by atoms with Gasteiger partial charge in [-0.25, -0.2) is 0 Å². The van der Waals surface area contributed by atoms with Crippen LogP contribution in [0, 0.1) is 5.92 Å². The molecule has 1 amide bonds. The van der Waals surface area contributed by atoms with Crippen LogP contribution < -0.4 is 5.32 Å². The maximum Gasteiger partial charge on any atom is 0.233 e. The molecule has 2 nitrogen and oxygen atoms in total. The number of hydrogen-bond donors (Lipinski definition) is 1. The summed E-state index contributed by atoms with van der Waals surface area (Å²) in [6.07, 6.45) is 8.35. The van der Waals surface area contributed by atoms with Gasteiger partial charge in [-0.2, -0.15) is 0 Å². The van der Waals surface area contributed by atoms with E-state index in [1.165, 1.54) is 25.7 Å². The predicted octanol–water partition coefficient (Wildman–Crippen LogP) is 3.73. The Morgan fingerprint density at radius 3 is 2.83 bits per heavy atom. The third kappa shape index (κ3) is 3.66. The second-order valence-corrected chi connectivity index (χ2v) is 7.83. The number of nitrogens with one attached hydrogen (secondary N) is 1. The van der Waals surface area contributed by atoms with Crippen molar-refractivity contribution in [1.82, 2.24) is 5.32 Å². The van der Waals surface area contributed by atoms with Gasteiger partial charge in [0, 0.05) is 10.9 Å². The van der Waals surface area contributed by atoms with Gasteiger partial charge >= 0.3 is 0 Å². The fraction of sp³-hybridized carbons (Fsp3) is 0.929. The minimum Gasteiger partial charge on any atom is -0.349 e. The van der Waals surface area contributed by atoms with Crippen molar-refractivity contribution in [2.45, 2.75) is 62.7 Å². The number of thioether (sulfide) groups is 1. The highest BCUT2D eigenvalue weighted by Crippen LogP contribution is 2.34. The van der Waals surface area contributed by atoms with Crippen LogP contribution in [0.15, 0.2) is 0 Å². The van der Waals surface area contributed by atoms with Crippen molar-refractivity contribution in [3.05, 3.63) is 0 Å². The largest absolute Gasteiger partial charge is 0.349 e. The lowest BCUT2D eigenvalue weighted by atomic mass is 9.77. The van der Waals surface area contributed by atoms with E-state index in [9.17, 15) is 4.79 Å². The number of carbonyl (C=O) groups excluding carboxylic acids is 1. The average Bonchev–Trinajstić information content (AvgIpc) is 2.39. The third-order valence-electron chi connectivity index (χ3n) is 4.21. The van der Waals surface area contributed by atoms with Gasteiger partial charge in [-0.05, 0) is 37.4 Å². The maximum absolute atomic E-state index is 12.4. The van der Waals surface area contributed by atoms with Gasteiger partial charge in [0.05, 0.1) is 5.25 Å². The van der Waals surface area contributed by atoms with Crippen LogP contribution in [0.3, 0.4) is 0 Å². The first kappa shape index (κ1) is 14.7. The normalized spacial score (nSPS) is 37.2. The van der Waals surface area contributed by atoms with E-state index >= 15 is 0 Å². The molecule has 0 aromatic rings. The topological polar surface area (TPSA) is 29.1 Å². The molecule has 1 aliphatic carbocycles. The zero-order chi connectivity index (χ0) is 13.0. The highest BCUT2D eigenvalue weighted by Gasteiger charge is 2.37. The minimum absolute atomic E-state index is 0.0206. The monoisotopic (exact) mass is 333 g/mol. The first-order valence-corrected chi connectivity index (χ1v) is 9.32. The summed E-state index contributed by atoms with van der Waals surface area (Å²) in [5.41, 5.74) is 0.0206. The molecule has 1 saturated carbocycles. The maximum atomic E-state index is 12.4. The number of carbonyl (C=O) groups is 1. The van der Waals surface area contributed by atoms with Gasteiger partial charge in [-0.3, -0.25) is 4.79 Å². The fourth-order valence-corrected chi connectivity index (χ4v) is 5.07. The molecule has 0 aromatic carbocycles. The summed E-state index contributed by atoms with van der Waals surface area (Å²) in [6, 6.07) is 0. The molecule has 3 atom stereocenters. The van der Waals surface area contributed by atoms with Gasteiger partial charge in [0.1, 0.15) is 0 Å². The van der Waals surface area contributed by atoms with Gasteiger partial charge in [-0.1, -0.05) is 42.1 Å². The summed E-state index contributed by atoms with van der Waals surface area (Å²) in [5, 5.41) is 4.47. The molecule has 104 valence electrons. The van der Waals surface area contributed by atoms with Gasteiger partial charge in [0.2, 0.25) is 5.91 Å². The van der Waals surface area contributed by atoms with Crippen LogP contribution in [0.1, 0.15) is 51.9 Å². The van der Waals surface area contributed by atoms with Crippen LogP contribution in [0.2, 0.25) is 0 Å². The van der Waals surface area contributed by atoms with Crippen molar-refractivity contribution < 1.29 is 4.79 Å². The van der Waals surface area contributed by atoms with E-state index in [2.05, 4.69) is 28.2 Å². The molecular formula is C14H24BrNOS. The molecule has 0 spiro atoms. The lowest BCUT2D eigenvalue weighted by molar-refractivity contribution is -0.123. The Bertz CT molecular complexity index is 294. The van der Waals surface area contributed by atoms with Crippen molar-refractivity contribution in [3.63, 3.8) is 0 Å². The molecule has 4 heteroatoms. The van der Waals surface area contributed by atoms with E-state index in [-0.39, 0.29) is 16.7 Å². The average molecular weight is 334 g/mol. The minimum atomic E-state index is 0.0206. The Morgan fingerprint density at radius 2 is 2.22 bits per heavy atom. The summed E-state index contributed by atoms with van der Waals surface area (Å²) in [4.78, 5) is 12.4. The van der Waals surface area contributed by atoms with Crippen molar-refractivity contribution >= 4 is 33.6 Å². The number of halogens is 1. The van der Waals surface area contributed by atoms with Crippen molar-refractivity contribution in [3.8, 4) is 0 Å². The van der Waals surface area contributed by atoms with Crippen molar-refractivity contribution in [2.75, 3.05) is 11.1 Å². The zero-order valence-electron chi connectivity index (χ0n) is 11.2. The summed E-state index contributed by atoms with van der Waals surface area (Å²) in [5.74, 6) is 2.17. The summed E-state index contributed by atoms with van der Waals surface area (Å²) >= 11 is 5.47. The van der Waals surface area contributed by atoms with E-state index in [4.69, 9.17) is 0 Å². The fourth-order valence-electron chi connectivity index (χ4n) is 3.22. The van der Waals surface area contributed by atoms with Gasteiger partial charge in [-0.15, -0.1) is 11.8 Å².